The van der Waals surface area contributed by atoms with Crippen molar-refractivity contribution in [2.75, 3.05) is 26.2 Å². The first-order valence-corrected chi connectivity index (χ1v) is 6.96. The maximum atomic E-state index is 5.92. The van der Waals surface area contributed by atoms with Crippen molar-refractivity contribution < 1.29 is 0 Å². The molecule has 1 aromatic rings. The third-order valence-electron chi connectivity index (χ3n) is 2.95. The fraction of sp³-hybridized carbons (Fsp3) is 0.667. The van der Waals surface area contributed by atoms with Crippen molar-refractivity contribution in [2.24, 2.45) is 0 Å². The third-order valence-corrected chi connectivity index (χ3v) is 4.24. The minimum absolute atomic E-state index is 0.255. The van der Waals surface area contributed by atoms with E-state index in [4.69, 9.17) is 11.6 Å². The van der Waals surface area contributed by atoms with Crippen LogP contribution in [0.5, 0.6) is 0 Å². The Morgan fingerprint density at radius 1 is 1.50 bits per heavy atom. The molecular weight excluding hydrogens is 240 g/mol. The van der Waals surface area contributed by atoms with Crippen molar-refractivity contribution in [3.8, 4) is 0 Å². The van der Waals surface area contributed by atoms with Crippen LogP contribution in [0.25, 0.3) is 0 Å². The summed E-state index contributed by atoms with van der Waals surface area (Å²) in [4.78, 5) is 3.92. The van der Waals surface area contributed by atoms with Crippen LogP contribution < -0.4 is 5.32 Å². The van der Waals surface area contributed by atoms with Crippen molar-refractivity contribution in [3.05, 3.63) is 21.3 Å². The predicted molar refractivity (Wildman–Crippen MR) is 71.6 cm³/mol. The second-order valence-corrected chi connectivity index (χ2v) is 6.84. The number of hydrogen-bond acceptors (Lipinski definition) is 3. The number of nitrogens with one attached hydrogen (secondary N) is 1. The highest BCUT2D eigenvalue weighted by molar-refractivity contribution is 7.16. The second kappa shape index (κ2) is 5.05. The summed E-state index contributed by atoms with van der Waals surface area (Å²) < 4.78 is 0.899. The van der Waals surface area contributed by atoms with Gasteiger partial charge in [0.25, 0.3) is 0 Å². The minimum atomic E-state index is 0.255. The van der Waals surface area contributed by atoms with Gasteiger partial charge < -0.3 is 5.32 Å². The molecule has 1 aliphatic rings. The second-order valence-electron chi connectivity index (χ2n) is 5.04. The Balaban J connectivity index is 1.82. The molecule has 1 aliphatic heterocycles. The zero-order chi connectivity index (χ0) is 11.6. The molecule has 90 valence electrons. The molecule has 0 aromatic carbocycles. The average molecular weight is 259 g/mol. The van der Waals surface area contributed by atoms with Crippen molar-refractivity contribution in [1.29, 1.82) is 0 Å². The fourth-order valence-electron chi connectivity index (χ4n) is 2.19. The van der Waals surface area contributed by atoms with E-state index in [-0.39, 0.29) is 5.54 Å². The summed E-state index contributed by atoms with van der Waals surface area (Å²) in [5, 5.41) is 3.53. The molecule has 16 heavy (non-hydrogen) atoms. The maximum Gasteiger partial charge on any atom is 0.0931 e. The fourth-order valence-corrected chi connectivity index (χ4v) is 3.27. The number of piperazine rings is 1. The highest BCUT2D eigenvalue weighted by Gasteiger charge is 2.25. The van der Waals surface area contributed by atoms with Crippen LogP contribution in [0.1, 0.15) is 18.7 Å². The van der Waals surface area contributed by atoms with Crippen LogP contribution in [-0.4, -0.2) is 36.6 Å². The summed E-state index contributed by atoms with van der Waals surface area (Å²) in [5.41, 5.74) is 0.255. The molecule has 1 N–H and O–H groups in total. The highest BCUT2D eigenvalue weighted by Crippen LogP contribution is 2.22. The van der Waals surface area contributed by atoms with E-state index in [1.54, 1.807) is 11.3 Å². The van der Waals surface area contributed by atoms with Gasteiger partial charge >= 0.3 is 0 Å². The van der Waals surface area contributed by atoms with Crippen LogP contribution in [0.15, 0.2) is 12.1 Å². The number of thiophene rings is 1. The van der Waals surface area contributed by atoms with E-state index in [1.807, 2.05) is 6.07 Å². The van der Waals surface area contributed by atoms with Crippen LogP contribution in [0.3, 0.4) is 0 Å². The summed E-state index contributed by atoms with van der Waals surface area (Å²) >= 11 is 7.62. The van der Waals surface area contributed by atoms with Gasteiger partial charge in [-0.05, 0) is 32.4 Å². The molecule has 0 radical (unpaired) electrons. The van der Waals surface area contributed by atoms with Crippen molar-refractivity contribution >= 4 is 22.9 Å². The quantitative estimate of drug-likeness (QED) is 0.897. The topological polar surface area (TPSA) is 15.3 Å². The Morgan fingerprint density at radius 2 is 2.31 bits per heavy atom. The highest BCUT2D eigenvalue weighted by atomic mass is 35.5. The zero-order valence-corrected chi connectivity index (χ0v) is 11.5. The lowest BCUT2D eigenvalue weighted by molar-refractivity contribution is 0.156. The SMILES string of the molecule is CC1(C)CN(CCc2ccc(Cl)s2)CCN1. The predicted octanol–water partition coefficient (Wildman–Crippen LogP) is 2.63. The van der Waals surface area contributed by atoms with Crippen LogP contribution in [0.2, 0.25) is 4.34 Å². The maximum absolute atomic E-state index is 5.92. The van der Waals surface area contributed by atoms with Crippen LogP contribution in [-0.2, 0) is 6.42 Å². The zero-order valence-electron chi connectivity index (χ0n) is 9.92. The molecule has 1 saturated heterocycles. The number of rotatable bonds is 3. The molecule has 0 saturated carbocycles. The van der Waals surface area contributed by atoms with Gasteiger partial charge in [0.05, 0.1) is 4.34 Å². The van der Waals surface area contributed by atoms with Gasteiger partial charge in [-0.3, -0.25) is 4.90 Å². The lowest BCUT2D eigenvalue weighted by atomic mass is 10.0. The largest absolute Gasteiger partial charge is 0.309 e. The van der Waals surface area contributed by atoms with Gasteiger partial charge in [0, 0.05) is 36.6 Å². The lowest BCUT2D eigenvalue weighted by Crippen LogP contribution is -2.57. The molecule has 2 heterocycles. The Bertz CT molecular complexity index is 349. The first-order chi connectivity index (χ1) is 7.55. The Morgan fingerprint density at radius 3 is 2.94 bits per heavy atom. The lowest BCUT2D eigenvalue weighted by Gasteiger charge is -2.39. The number of halogens is 1. The van der Waals surface area contributed by atoms with Gasteiger partial charge in [0.1, 0.15) is 0 Å². The van der Waals surface area contributed by atoms with Crippen molar-refractivity contribution in [3.63, 3.8) is 0 Å². The smallest absolute Gasteiger partial charge is 0.0931 e. The standard InChI is InChI=1S/C12H19ClN2S/c1-12(2)9-15(8-6-14-12)7-5-10-3-4-11(13)16-10/h3-4,14H,5-9H2,1-2H3. The van der Waals surface area contributed by atoms with E-state index in [0.717, 1.165) is 36.9 Å². The number of hydrogen-bond donors (Lipinski definition) is 1. The molecule has 1 fully saturated rings. The monoisotopic (exact) mass is 258 g/mol. The normalized spacial score (nSPS) is 21.2. The molecule has 0 spiro atoms. The first-order valence-electron chi connectivity index (χ1n) is 5.77. The summed E-state index contributed by atoms with van der Waals surface area (Å²) in [6.07, 6.45) is 1.12. The van der Waals surface area contributed by atoms with Crippen molar-refractivity contribution in [1.82, 2.24) is 10.2 Å². The van der Waals surface area contributed by atoms with E-state index in [2.05, 4.69) is 30.1 Å². The molecule has 4 heteroatoms. The van der Waals surface area contributed by atoms with Crippen LogP contribution >= 0.6 is 22.9 Å². The van der Waals surface area contributed by atoms with Gasteiger partial charge in [-0.2, -0.15) is 0 Å². The summed E-state index contributed by atoms with van der Waals surface area (Å²) in [6.45, 7) is 9.05. The summed E-state index contributed by atoms with van der Waals surface area (Å²) in [5.74, 6) is 0. The molecule has 1 aromatic heterocycles. The van der Waals surface area contributed by atoms with E-state index < -0.39 is 0 Å². The average Bonchev–Trinajstić information content (AvgIpc) is 2.60. The molecular formula is C12H19ClN2S. The van der Waals surface area contributed by atoms with Gasteiger partial charge in [-0.1, -0.05) is 11.6 Å². The molecule has 2 rings (SSSR count). The molecule has 0 aliphatic carbocycles. The van der Waals surface area contributed by atoms with Gasteiger partial charge in [0.15, 0.2) is 0 Å². The molecule has 0 unspecified atom stereocenters. The molecule has 2 nitrogen and oxygen atoms in total. The van der Waals surface area contributed by atoms with E-state index in [0.29, 0.717) is 0 Å². The van der Waals surface area contributed by atoms with Crippen LogP contribution in [0.4, 0.5) is 0 Å². The number of nitrogens with zero attached hydrogens (tertiary/aromatic N) is 1. The summed E-state index contributed by atoms with van der Waals surface area (Å²) in [6, 6.07) is 4.13. The van der Waals surface area contributed by atoms with Crippen molar-refractivity contribution in [2.45, 2.75) is 25.8 Å². The first kappa shape index (κ1) is 12.4. The van der Waals surface area contributed by atoms with Gasteiger partial charge in [-0.15, -0.1) is 11.3 Å². The molecule has 0 bridgehead atoms. The Labute approximate surface area is 107 Å². The van der Waals surface area contributed by atoms with E-state index >= 15 is 0 Å². The van der Waals surface area contributed by atoms with E-state index in [9.17, 15) is 0 Å². The summed E-state index contributed by atoms with van der Waals surface area (Å²) in [7, 11) is 0. The third kappa shape index (κ3) is 3.45. The minimum Gasteiger partial charge on any atom is -0.309 e. The van der Waals surface area contributed by atoms with Crippen LogP contribution in [0, 0.1) is 0 Å². The van der Waals surface area contributed by atoms with E-state index in [1.165, 1.54) is 4.88 Å². The van der Waals surface area contributed by atoms with Gasteiger partial charge in [-0.25, -0.2) is 0 Å². The Kier molecular flexibility index (Phi) is 3.90. The van der Waals surface area contributed by atoms with Gasteiger partial charge in [0.2, 0.25) is 0 Å². The Hall–Kier alpha value is -0.0900. The molecule has 0 amide bonds. The molecule has 0 atom stereocenters.